The van der Waals surface area contributed by atoms with Crippen LogP contribution in [0.25, 0.3) is 0 Å². The first-order valence-corrected chi connectivity index (χ1v) is 6.71. The third-order valence-corrected chi connectivity index (χ3v) is 3.67. The fourth-order valence-electron chi connectivity index (χ4n) is 2.14. The molecule has 0 aromatic heterocycles. The summed E-state index contributed by atoms with van der Waals surface area (Å²) in [5.41, 5.74) is 2.43. The zero-order valence-corrected chi connectivity index (χ0v) is 12.0. The predicted octanol–water partition coefficient (Wildman–Crippen LogP) is 1.85. The second-order valence-electron chi connectivity index (χ2n) is 4.39. The van der Waals surface area contributed by atoms with Gasteiger partial charge in [0.15, 0.2) is 0 Å². The zero-order chi connectivity index (χ0) is 13.3. The lowest BCUT2D eigenvalue weighted by Crippen LogP contribution is -2.25. The molecule has 0 spiro atoms. The Kier molecular flexibility index (Phi) is 3.71. The maximum Gasteiger partial charge on any atom is 0.251 e. The average Bonchev–Trinajstić information content (AvgIpc) is 2.67. The molecule has 1 aromatic rings. The van der Waals surface area contributed by atoms with Gasteiger partial charge in [-0.15, -0.1) is 0 Å². The molecule has 1 aromatic carbocycles. The van der Waals surface area contributed by atoms with E-state index < -0.39 is 0 Å². The van der Waals surface area contributed by atoms with Crippen LogP contribution in [0, 0.1) is 6.92 Å². The first kappa shape index (κ1) is 13.1. The van der Waals surface area contributed by atoms with Crippen LogP contribution in [-0.2, 0) is 4.79 Å². The van der Waals surface area contributed by atoms with Crippen LogP contribution in [-0.4, -0.2) is 30.2 Å². The van der Waals surface area contributed by atoms with Gasteiger partial charge >= 0.3 is 0 Å². The Morgan fingerprint density at radius 2 is 2.22 bits per heavy atom. The molecular formula is C13H15BrN2O2. The molecule has 2 amide bonds. The van der Waals surface area contributed by atoms with E-state index in [1.165, 1.54) is 0 Å². The summed E-state index contributed by atoms with van der Waals surface area (Å²) >= 11 is 3.46. The highest BCUT2D eigenvalue weighted by Crippen LogP contribution is 2.28. The van der Waals surface area contributed by atoms with E-state index in [4.69, 9.17) is 0 Å². The Bertz CT molecular complexity index is 502. The first-order chi connectivity index (χ1) is 8.52. The van der Waals surface area contributed by atoms with Gasteiger partial charge in [-0.1, -0.05) is 15.9 Å². The highest BCUT2D eigenvalue weighted by Gasteiger charge is 2.29. The summed E-state index contributed by atoms with van der Waals surface area (Å²) in [6, 6.07) is 5.39. The molecule has 1 heterocycles. The molecule has 1 aliphatic heterocycles. The van der Waals surface area contributed by atoms with Crippen LogP contribution in [0.3, 0.4) is 0 Å². The third-order valence-electron chi connectivity index (χ3n) is 3.05. The Morgan fingerprint density at radius 3 is 2.72 bits per heavy atom. The molecule has 1 fully saturated rings. The van der Waals surface area contributed by atoms with Crippen molar-refractivity contribution in [3.05, 3.63) is 29.3 Å². The Labute approximate surface area is 114 Å². The molecule has 0 radical (unpaired) electrons. The molecule has 1 aliphatic rings. The lowest BCUT2D eigenvalue weighted by molar-refractivity contribution is -0.117. The Morgan fingerprint density at radius 1 is 1.50 bits per heavy atom. The van der Waals surface area contributed by atoms with E-state index in [1.807, 2.05) is 19.1 Å². The number of benzene rings is 1. The van der Waals surface area contributed by atoms with Crippen molar-refractivity contribution in [1.82, 2.24) is 5.32 Å². The van der Waals surface area contributed by atoms with Crippen LogP contribution >= 0.6 is 15.9 Å². The lowest BCUT2D eigenvalue weighted by Gasteiger charge is -2.19. The molecule has 1 N–H and O–H groups in total. The number of hydrogen-bond donors (Lipinski definition) is 1. The molecule has 1 unspecified atom stereocenters. The van der Waals surface area contributed by atoms with Crippen LogP contribution in [0.1, 0.15) is 22.3 Å². The van der Waals surface area contributed by atoms with Crippen molar-refractivity contribution in [3.63, 3.8) is 0 Å². The SMILES string of the molecule is CNC(=O)c1ccc(N2CC(Br)CC2=O)c(C)c1. The summed E-state index contributed by atoms with van der Waals surface area (Å²) in [6.07, 6.45) is 0.524. The van der Waals surface area contributed by atoms with E-state index in [2.05, 4.69) is 21.2 Å². The summed E-state index contributed by atoms with van der Waals surface area (Å²) in [4.78, 5) is 25.3. The summed E-state index contributed by atoms with van der Waals surface area (Å²) in [6.45, 7) is 2.59. The summed E-state index contributed by atoms with van der Waals surface area (Å²) in [7, 11) is 1.60. The van der Waals surface area contributed by atoms with Crippen LogP contribution in [0.2, 0.25) is 0 Å². The van der Waals surface area contributed by atoms with Gasteiger partial charge in [-0.25, -0.2) is 0 Å². The Balaban J connectivity index is 2.30. The number of alkyl halides is 1. The van der Waals surface area contributed by atoms with Crippen molar-refractivity contribution in [2.75, 3.05) is 18.5 Å². The van der Waals surface area contributed by atoms with Gasteiger partial charge < -0.3 is 10.2 Å². The molecule has 0 aliphatic carbocycles. The van der Waals surface area contributed by atoms with Crippen molar-refractivity contribution in [2.45, 2.75) is 18.2 Å². The number of carbonyl (C=O) groups excluding carboxylic acids is 2. The normalized spacial score (nSPS) is 19.2. The van der Waals surface area contributed by atoms with Crippen LogP contribution in [0.15, 0.2) is 18.2 Å². The monoisotopic (exact) mass is 310 g/mol. The van der Waals surface area contributed by atoms with E-state index in [0.717, 1.165) is 11.3 Å². The fourth-order valence-corrected chi connectivity index (χ4v) is 2.71. The van der Waals surface area contributed by atoms with Crippen LogP contribution in [0.4, 0.5) is 5.69 Å². The number of anilines is 1. The molecule has 5 heteroatoms. The second kappa shape index (κ2) is 5.10. The maximum atomic E-state index is 11.8. The van der Waals surface area contributed by atoms with Crippen molar-refractivity contribution < 1.29 is 9.59 Å². The molecule has 1 saturated heterocycles. The van der Waals surface area contributed by atoms with Crippen molar-refractivity contribution in [1.29, 1.82) is 0 Å². The first-order valence-electron chi connectivity index (χ1n) is 5.80. The quantitative estimate of drug-likeness (QED) is 0.848. The largest absolute Gasteiger partial charge is 0.355 e. The number of carbonyl (C=O) groups is 2. The highest BCUT2D eigenvalue weighted by molar-refractivity contribution is 9.09. The van der Waals surface area contributed by atoms with Crippen LogP contribution < -0.4 is 10.2 Å². The molecule has 4 nitrogen and oxygen atoms in total. The zero-order valence-electron chi connectivity index (χ0n) is 10.4. The molecule has 0 saturated carbocycles. The number of nitrogens with one attached hydrogen (secondary N) is 1. The van der Waals surface area contributed by atoms with Gasteiger partial charge in [-0.05, 0) is 30.7 Å². The van der Waals surface area contributed by atoms with Gasteiger partial charge in [-0.3, -0.25) is 9.59 Å². The smallest absolute Gasteiger partial charge is 0.251 e. The number of halogens is 1. The van der Waals surface area contributed by atoms with E-state index >= 15 is 0 Å². The van der Waals surface area contributed by atoms with Crippen molar-refractivity contribution in [3.8, 4) is 0 Å². The van der Waals surface area contributed by atoms with Gasteiger partial charge in [-0.2, -0.15) is 0 Å². The molecular weight excluding hydrogens is 296 g/mol. The average molecular weight is 311 g/mol. The number of rotatable bonds is 2. The maximum absolute atomic E-state index is 11.8. The molecule has 96 valence electrons. The van der Waals surface area contributed by atoms with Gasteiger partial charge in [0, 0.05) is 36.1 Å². The van der Waals surface area contributed by atoms with Gasteiger partial charge in [0.05, 0.1) is 0 Å². The standard InChI is InChI=1S/C13H15BrN2O2/c1-8-5-9(13(18)15-2)3-4-11(8)16-7-10(14)6-12(16)17/h3-5,10H,6-7H2,1-2H3,(H,15,18). The van der Waals surface area contributed by atoms with Crippen LogP contribution in [0.5, 0.6) is 0 Å². The predicted molar refractivity (Wildman–Crippen MR) is 74.3 cm³/mol. The van der Waals surface area contributed by atoms with E-state index in [0.29, 0.717) is 18.5 Å². The second-order valence-corrected chi connectivity index (χ2v) is 5.68. The number of hydrogen-bond acceptors (Lipinski definition) is 2. The van der Waals surface area contributed by atoms with E-state index in [1.54, 1.807) is 18.0 Å². The third kappa shape index (κ3) is 2.41. The minimum Gasteiger partial charge on any atom is -0.355 e. The van der Waals surface area contributed by atoms with E-state index in [-0.39, 0.29) is 16.6 Å². The number of aryl methyl sites for hydroxylation is 1. The summed E-state index contributed by atoms with van der Waals surface area (Å²) in [5.74, 6) is 0.00318. The Hall–Kier alpha value is -1.36. The van der Waals surface area contributed by atoms with E-state index in [9.17, 15) is 9.59 Å². The van der Waals surface area contributed by atoms with Gasteiger partial charge in [0.25, 0.3) is 5.91 Å². The van der Waals surface area contributed by atoms with Gasteiger partial charge in [0.2, 0.25) is 5.91 Å². The molecule has 0 bridgehead atoms. The highest BCUT2D eigenvalue weighted by atomic mass is 79.9. The molecule has 2 rings (SSSR count). The minimum absolute atomic E-state index is 0.115. The lowest BCUT2D eigenvalue weighted by atomic mass is 10.1. The minimum atomic E-state index is -0.115. The van der Waals surface area contributed by atoms with Gasteiger partial charge in [0.1, 0.15) is 0 Å². The van der Waals surface area contributed by atoms with Crippen molar-refractivity contribution >= 4 is 33.4 Å². The molecule has 1 atom stereocenters. The number of nitrogens with zero attached hydrogens (tertiary/aromatic N) is 1. The van der Waals surface area contributed by atoms with Crippen molar-refractivity contribution in [2.24, 2.45) is 0 Å². The number of amides is 2. The topological polar surface area (TPSA) is 49.4 Å². The summed E-state index contributed by atoms with van der Waals surface area (Å²) in [5, 5.41) is 2.59. The summed E-state index contributed by atoms with van der Waals surface area (Å²) < 4.78 is 0. The fraction of sp³-hybridized carbons (Fsp3) is 0.385. The molecule has 18 heavy (non-hydrogen) atoms.